The zero-order valence-electron chi connectivity index (χ0n) is 16.0. The van der Waals surface area contributed by atoms with E-state index < -0.39 is 0 Å². The summed E-state index contributed by atoms with van der Waals surface area (Å²) in [7, 11) is 0. The number of benzene rings is 1. The Labute approximate surface area is 165 Å². The number of likely N-dealkylation sites (tertiary alicyclic amines) is 2. The van der Waals surface area contributed by atoms with E-state index in [2.05, 4.69) is 9.88 Å². The van der Waals surface area contributed by atoms with Crippen molar-refractivity contribution < 1.29 is 9.18 Å². The number of amides is 1. The highest BCUT2D eigenvalue weighted by Gasteiger charge is 2.50. The monoisotopic (exact) mass is 379 g/mol. The van der Waals surface area contributed by atoms with E-state index in [9.17, 15) is 9.18 Å². The van der Waals surface area contributed by atoms with Gasteiger partial charge < -0.3 is 4.90 Å². The lowest BCUT2D eigenvalue weighted by Crippen LogP contribution is -2.38. The lowest BCUT2D eigenvalue weighted by molar-refractivity contribution is 0.0687. The van der Waals surface area contributed by atoms with E-state index in [0.717, 1.165) is 25.2 Å². The van der Waals surface area contributed by atoms with Crippen molar-refractivity contribution in [1.29, 1.82) is 0 Å². The minimum atomic E-state index is -0.239. The number of carbonyl (C=O) groups is 1. The molecule has 3 aliphatic rings. The first-order valence-electron chi connectivity index (χ1n) is 10.4. The smallest absolute Gasteiger partial charge is 0.272 e. The molecule has 0 spiro atoms. The highest BCUT2D eigenvalue weighted by atomic mass is 19.1. The summed E-state index contributed by atoms with van der Waals surface area (Å²) in [6, 6.07) is 12.8. The predicted molar refractivity (Wildman–Crippen MR) is 105 cm³/mol. The molecular formula is C23H26FN3O. The maximum atomic E-state index is 14.0. The summed E-state index contributed by atoms with van der Waals surface area (Å²) in [5.41, 5.74) is 1.38. The van der Waals surface area contributed by atoms with E-state index in [1.165, 1.54) is 31.7 Å². The van der Waals surface area contributed by atoms with Gasteiger partial charge in [-0.2, -0.15) is 0 Å². The minimum absolute atomic E-state index is 0.0447. The fourth-order valence-electron chi connectivity index (χ4n) is 5.61. The standard InChI is InChI=1S/C23H26FN3O/c24-18-7-5-6-16(12-18)22-20-15-26(19-8-1-2-9-19)13-17(20)14-27(22)23(28)21-10-3-4-11-25-21/h3-7,10-12,17,19-20,22H,1-2,8-9,13-15H2/t17-,20-,22-/m0/s1. The third-order valence-electron chi connectivity index (χ3n) is 6.87. The summed E-state index contributed by atoms with van der Waals surface area (Å²) >= 11 is 0. The number of pyridine rings is 1. The van der Waals surface area contributed by atoms with E-state index in [1.807, 2.05) is 23.1 Å². The number of aromatic nitrogens is 1. The maximum absolute atomic E-state index is 14.0. The maximum Gasteiger partial charge on any atom is 0.272 e. The molecule has 0 N–H and O–H groups in total. The average Bonchev–Trinajstić information content (AvgIpc) is 3.43. The molecule has 4 nitrogen and oxygen atoms in total. The van der Waals surface area contributed by atoms with Crippen molar-refractivity contribution in [2.75, 3.05) is 19.6 Å². The molecular weight excluding hydrogens is 353 g/mol. The Morgan fingerprint density at radius 3 is 2.64 bits per heavy atom. The molecule has 2 aromatic rings. The molecule has 1 saturated carbocycles. The zero-order valence-corrected chi connectivity index (χ0v) is 16.0. The van der Waals surface area contributed by atoms with Crippen molar-refractivity contribution in [3.63, 3.8) is 0 Å². The van der Waals surface area contributed by atoms with Crippen molar-refractivity contribution in [3.8, 4) is 0 Å². The van der Waals surface area contributed by atoms with Crippen molar-refractivity contribution in [2.45, 2.75) is 37.8 Å². The number of rotatable bonds is 3. The Bertz CT molecular complexity index is 852. The molecule has 3 heterocycles. The lowest BCUT2D eigenvalue weighted by Gasteiger charge is -2.31. The molecule has 3 fully saturated rings. The van der Waals surface area contributed by atoms with Crippen LogP contribution in [-0.2, 0) is 0 Å². The molecule has 0 radical (unpaired) electrons. The van der Waals surface area contributed by atoms with Gasteiger partial charge in [-0.15, -0.1) is 0 Å². The molecule has 1 amide bonds. The van der Waals surface area contributed by atoms with Crippen molar-refractivity contribution in [3.05, 3.63) is 65.7 Å². The highest BCUT2D eigenvalue weighted by molar-refractivity contribution is 5.92. The van der Waals surface area contributed by atoms with Crippen LogP contribution < -0.4 is 0 Å². The highest BCUT2D eigenvalue weighted by Crippen LogP contribution is 2.47. The molecule has 3 atom stereocenters. The van der Waals surface area contributed by atoms with Crippen LogP contribution in [0.15, 0.2) is 48.7 Å². The Kier molecular flexibility index (Phi) is 4.63. The SMILES string of the molecule is O=C(c1ccccn1)N1C[C@@H]2CN(C3CCCC3)C[C@@H]2[C@@H]1c1cccc(F)c1. The van der Waals surface area contributed by atoms with E-state index in [0.29, 0.717) is 23.6 Å². The van der Waals surface area contributed by atoms with Gasteiger partial charge in [0.25, 0.3) is 5.91 Å². The quantitative estimate of drug-likeness (QED) is 0.811. The van der Waals surface area contributed by atoms with Gasteiger partial charge in [0.2, 0.25) is 0 Å². The van der Waals surface area contributed by atoms with Gasteiger partial charge in [0.1, 0.15) is 11.5 Å². The van der Waals surface area contributed by atoms with Crippen molar-refractivity contribution in [2.24, 2.45) is 11.8 Å². The number of fused-ring (bicyclic) bond motifs is 1. The van der Waals surface area contributed by atoms with Gasteiger partial charge in [0.15, 0.2) is 0 Å². The number of nitrogens with zero attached hydrogens (tertiary/aromatic N) is 3. The van der Waals surface area contributed by atoms with Crippen LogP contribution in [-0.4, -0.2) is 46.4 Å². The molecule has 0 bridgehead atoms. The zero-order chi connectivity index (χ0) is 19.1. The summed E-state index contributed by atoms with van der Waals surface area (Å²) in [5, 5.41) is 0. The van der Waals surface area contributed by atoms with Crippen LogP contribution in [0.3, 0.4) is 0 Å². The van der Waals surface area contributed by atoms with Gasteiger partial charge in [-0.25, -0.2) is 4.39 Å². The first-order valence-corrected chi connectivity index (χ1v) is 10.4. The minimum Gasteiger partial charge on any atom is -0.330 e. The summed E-state index contributed by atoms with van der Waals surface area (Å²) in [6.07, 6.45) is 6.90. The Balaban J connectivity index is 1.46. The van der Waals surface area contributed by atoms with Crippen LogP contribution in [0.2, 0.25) is 0 Å². The second-order valence-corrected chi connectivity index (χ2v) is 8.49. The van der Waals surface area contributed by atoms with Crippen LogP contribution in [0, 0.1) is 17.7 Å². The molecule has 1 aromatic carbocycles. The summed E-state index contributed by atoms with van der Waals surface area (Å²) in [5.74, 6) is 0.519. The van der Waals surface area contributed by atoms with Crippen LogP contribution >= 0.6 is 0 Å². The largest absolute Gasteiger partial charge is 0.330 e. The van der Waals surface area contributed by atoms with Gasteiger partial charge in [0.05, 0.1) is 6.04 Å². The average molecular weight is 379 g/mol. The molecule has 146 valence electrons. The number of hydrogen-bond acceptors (Lipinski definition) is 3. The Morgan fingerprint density at radius 2 is 1.89 bits per heavy atom. The predicted octanol–water partition coefficient (Wildman–Crippen LogP) is 3.91. The van der Waals surface area contributed by atoms with Gasteiger partial charge in [-0.1, -0.05) is 31.0 Å². The molecule has 0 unspecified atom stereocenters. The summed E-state index contributed by atoms with van der Waals surface area (Å²) in [4.78, 5) is 22.1. The van der Waals surface area contributed by atoms with Gasteiger partial charge in [-0.05, 0) is 48.6 Å². The third kappa shape index (κ3) is 3.12. The molecule has 1 aromatic heterocycles. The molecule has 5 rings (SSSR count). The normalized spacial score (nSPS) is 28.0. The Hall–Kier alpha value is -2.27. The summed E-state index contributed by atoms with van der Waals surface area (Å²) < 4.78 is 14.0. The van der Waals surface area contributed by atoms with Crippen LogP contribution in [0.5, 0.6) is 0 Å². The van der Waals surface area contributed by atoms with Crippen LogP contribution in [0.1, 0.15) is 47.8 Å². The number of hydrogen-bond donors (Lipinski definition) is 0. The van der Waals surface area contributed by atoms with E-state index in [1.54, 1.807) is 24.4 Å². The molecule has 28 heavy (non-hydrogen) atoms. The van der Waals surface area contributed by atoms with Crippen molar-refractivity contribution >= 4 is 5.91 Å². The first-order chi connectivity index (χ1) is 13.7. The van der Waals surface area contributed by atoms with Gasteiger partial charge in [-0.3, -0.25) is 14.7 Å². The lowest BCUT2D eigenvalue weighted by atomic mass is 9.89. The molecule has 5 heteroatoms. The third-order valence-corrected chi connectivity index (χ3v) is 6.87. The number of carbonyl (C=O) groups excluding carboxylic acids is 1. The van der Waals surface area contributed by atoms with E-state index in [4.69, 9.17) is 0 Å². The first kappa shape index (κ1) is 17.8. The number of halogens is 1. The van der Waals surface area contributed by atoms with Gasteiger partial charge >= 0.3 is 0 Å². The molecule has 2 aliphatic heterocycles. The second-order valence-electron chi connectivity index (χ2n) is 8.49. The van der Waals surface area contributed by atoms with E-state index in [-0.39, 0.29) is 17.8 Å². The Morgan fingerprint density at radius 1 is 1.04 bits per heavy atom. The second kappa shape index (κ2) is 7.28. The van der Waals surface area contributed by atoms with Crippen LogP contribution in [0.25, 0.3) is 0 Å². The topological polar surface area (TPSA) is 36.4 Å². The summed E-state index contributed by atoms with van der Waals surface area (Å²) in [6.45, 7) is 2.78. The van der Waals surface area contributed by atoms with E-state index >= 15 is 0 Å². The molecule has 1 aliphatic carbocycles. The fourth-order valence-corrected chi connectivity index (χ4v) is 5.61. The molecule has 2 saturated heterocycles. The van der Waals surface area contributed by atoms with Gasteiger partial charge in [0, 0.05) is 37.8 Å². The fraction of sp³-hybridized carbons (Fsp3) is 0.478. The van der Waals surface area contributed by atoms with Crippen molar-refractivity contribution in [1.82, 2.24) is 14.8 Å². The van der Waals surface area contributed by atoms with Crippen LogP contribution in [0.4, 0.5) is 4.39 Å².